The molecule has 1 amide bonds. The number of benzene rings is 1. The van der Waals surface area contributed by atoms with Crippen LogP contribution in [0.15, 0.2) is 12.1 Å². The Bertz CT molecular complexity index is 495. The molecule has 0 bridgehead atoms. The van der Waals surface area contributed by atoms with Gasteiger partial charge in [-0.3, -0.25) is 4.79 Å². The summed E-state index contributed by atoms with van der Waals surface area (Å²) in [5.74, 6) is 0.148. The van der Waals surface area contributed by atoms with Gasteiger partial charge in [-0.15, -0.1) is 0 Å². The lowest BCUT2D eigenvalue weighted by Crippen LogP contribution is -2.58. The van der Waals surface area contributed by atoms with Gasteiger partial charge in [0.2, 0.25) is 5.91 Å². The van der Waals surface area contributed by atoms with Gasteiger partial charge in [0.25, 0.3) is 0 Å². The number of hydrogen-bond donors (Lipinski definition) is 1. The highest BCUT2D eigenvalue weighted by atomic mass is 16.2. The molecule has 3 nitrogen and oxygen atoms in total. The van der Waals surface area contributed by atoms with Crippen LogP contribution < -0.4 is 10.2 Å². The standard InChI is InChI=1S/C14H18N2O/c1-8-4-5-9(2)13-12(8)6-11-7-15-14(17)10(3)16(11)13/h4-5,10-11H,6-7H2,1-3H3,(H,15,17)/t10-,11+/m1/s1. The fraction of sp³-hybridized carbons (Fsp3) is 0.500. The molecule has 1 saturated heterocycles. The van der Waals surface area contributed by atoms with Crippen molar-refractivity contribution in [2.24, 2.45) is 0 Å². The molecule has 2 aliphatic rings. The highest BCUT2D eigenvalue weighted by Crippen LogP contribution is 2.39. The smallest absolute Gasteiger partial charge is 0.242 e. The Morgan fingerprint density at radius 1 is 1.29 bits per heavy atom. The molecule has 17 heavy (non-hydrogen) atoms. The number of aryl methyl sites for hydroxylation is 2. The first kappa shape index (κ1) is 10.6. The predicted molar refractivity (Wildman–Crippen MR) is 68.4 cm³/mol. The largest absolute Gasteiger partial charge is 0.354 e. The molecular formula is C14H18N2O. The van der Waals surface area contributed by atoms with E-state index in [2.05, 4.69) is 36.2 Å². The average Bonchev–Trinajstić information content (AvgIpc) is 2.70. The van der Waals surface area contributed by atoms with Gasteiger partial charge in [-0.1, -0.05) is 12.1 Å². The Morgan fingerprint density at radius 3 is 2.76 bits per heavy atom. The third-order valence-corrected chi connectivity index (χ3v) is 4.12. The van der Waals surface area contributed by atoms with Gasteiger partial charge in [-0.05, 0) is 43.9 Å². The van der Waals surface area contributed by atoms with Crippen LogP contribution in [0.3, 0.4) is 0 Å². The molecular weight excluding hydrogens is 212 g/mol. The lowest BCUT2D eigenvalue weighted by atomic mass is 10.0. The minimum Gasteiger partial charge on any atom is -0.354 e. The second-order valence-electron chi connectivity index (χ2n) is 5.21. The van der Waals surface area contributed by atoms with Crippen LogP contribution in [0.25, 0.3) is 0 Å². The fourth-order valence-corrected chi connectivity index (χ4v) is 3.16. The van der Waals surface area contributed by atoms with Crippen LogP contribution in [-0.2, 0) is 11.2 Å². The van der Waals surface area contributed by atoms with Crippen LogP contribution >= 0.6 is 0 Å². The second-order valence-corrected chi connectivity index (χ2v) is 5.21. The zero-order valence-corrected chi connectivity index (χ0v) is 10.6. The summed E-state index contributed by atoms with van der Waals surface area (Å²) in [6.45, 7) is 7.08. The van der Waals surface area contributed by atoms with Gasteiger partial charge in [0.1, 0.15) is 6.04 Å². The zero-order chi connectivity index (χ0) is 12.2. The summed E-state index contributed by atoms with van der Waals surface area (Å²) >= 11 is 0. The molecule has 90 valence electrons. The maximum atomic E-state index is 11.8. The fourth-order valence-electron chi connectivity index (χ4n) is 3.16. The molecule has 2 heterocycles. The highest BCUT2D eigenvalue weighted by molar-refractivity contribution is 5.88. The number of nitrogens with zero attached hydrogens (tertiary/aromatic N) is 1. The van der Waals surface area contributed by atoms with Gasteiger partial charge in [0.15, 0.2) is 0 Å². The number of fused-ring (bicyclic) bond motifs is 3. The van der Waals surface area contributed by atoms with Crippen LogP contribution in [0, 0.1) is 13.8 Å². The minimum absolute atomic E-state index is 0.0458. The van der Waals surface area contributed by atoms with Gasteiger partial charge in [0.05, 0.1) is 6.04 Å². The maximum Gasteiger partial charge on any atom is 0.242 e. The second kappa shape index (κ2) is 3.49. The summed E-state index contributed by atoms with van der Waals surface area (Å²) in [5.41, 5.74) is 5.37. The zero-order valence-electron chi connectivity index (χ0n) is 10.6. The van der Waals surface area contributed by atoms with E-state index in [9.17, 15) is 4.79 Å². The van der Waals surface area contributed by atoms with E-state index < -0.39 is 0 Å². The molecule has 3 rings (SSSR count). The molecule has 0 unspecified atom stereocenters. The van der Waals surface area contributed by atoms with E-state index in [1.165, 1.54) is 22.4 Å². The van der Waals surface area contributed by atoms with E-state index in [4.69, 9.17) is 0 Å². The van der Waals surface area contributed by atoms with Gasteiger partial charge in [-0.25, -0.2) is 0 Å². The molecule has 1 aromatic carbocycles. The number of carbonyl (C=O) groups excluding carboxylic acids is 1. The average molecular weight is 230 g/mol. The van der Waals surface area contributed by atoms with Crippen molar-refractivity contribution in [2.45, 2.75) is 39.3 Å². The van der Waals surface area contributed by atoms with E-state index >= 15 is 0 Å². The Morgan fingerprint density at radius 2 is 2.00 bits per heavy atom. The van der Waals surface area contributed by atoms with Crippen LogP contribution in [-0.4, -0.2) is 24.5 Å². The van der Waals surface area contributed by atoms with Crippen molar-refractivity contribution < 1.29 is 4.79 Å². The van der Waals surface area contributed by atoms with Crippen molar-refractivity contribution in [1.82, 2.24) is 5.32 Å². The van der Waals surface area contributed by atoms with Crippen molar-refractivity contribution in [1.29, 1.82) is 0 Å². The van der Waals surface area contributed by atoms with E-state index in [1.54, 1.807) is 0 Å². The first-order valence-corrected chi connectivity index (χ1v) is 6.24. The van der Waals surface area contributed by atoms with Crippen LogP contribution in [0.5, 0.6) is 0 Å². The normalized spacial score (nSPS) is 26.5. The summed E-state index contributed by atoms with van der Waals surface area (Å²) in [6, 6.07) is 4.75. The molecule has 0 radical (unpaired) electrons. The number of anilines is 1. The first-order chi connectivity index (χ1) is 8.09. The van der Waals surface area contributed by atoms with Crippen molar-refractivity contribution in [3.05, 3.63) is 28.8 Å². The molecule has 1 aromatic rings. The Balaban J connectivity index is 2.14. The van der Waals surface area contributed by atoms with E-state index in [0.717, 1.165) is 13.0 Å². The van der Waals surface area contributed by atoms with E-state index in [1.807, 2.05) is 6.92 Å². The topological polar surface area (TPSA) is 32.3 Å². The third-order valence-electron chi connectivity index (χ3n) is 4.12. The van der Waals surface area contributed by atoms with Crippen molar-refractivity contribution in [2.75, 3.05) is 11.4 Å². The third kappa shape index (κ3) is 1.38. The van der Waals surface area contributed by atoms with Gasteiger partial charge < -0.3 is 10.2 Å². The number of nitrogens with one attached hydrogen (secondary N) is 1. The summed E-state index contributed by atoms with van der Waals surface area (Å²) in [6.07, 6.45) is 1.06. The maximum absolute atomic E-state index is 11.8. The molecule has 3 heteroatoms. The van der Waals surface area contributed by atoms with E-state index in [-0.39, 0.29) is 11.9 Å². The SMILES string of the molecule is Cc1ccc(C)c2c1C[C@H]1CNC(=O)[C@@H](C)N21. The van der Waals surface area contributed by atoms with E-state index in [0.29, 0.717) is 6.04 Å². The van der Waals surface area contributed by atoms with Crippen LogP contribution in [0.2, 0.25) is 0 Å². The lowest BCUT2D eigenvalue weighted by Gasteiger charge is -2.38. The summed E-state index contributed by atoms with van der Waals surface area (Å²) < 4.78 is 0. The van der Waals surface area contributed by atoms with Crippen LogP contribution in [0.1, 0.15) is 23.6 Å². The Hall–Kier alpha value is -1.51. The highest BCUT2D eigenvalue weighted by Gasteiger charge is 2.40. The molecule has 0 spiro atoms. The molecule has 0 aromatic heterocycles. The molecule has 0 aliphatic carbocycles. The summed E-state index contributed by atoms with van der Waals surface area (Å²) in [7, 11) is 0. The molecule has 2 atom stereocenters. The van der Waals surface area contributed by atoms with Crippen molar-refractivity contribution in [3.63, 3.8) is 0 Å². The Labute approximate surface area is 102 Å². The molecule has 0 saturated carbocycles. The molecule has 1 fully saturated rings. The number of rotatable bonds is 0. The first-order valence-electron chi connectivity index (χ1n) is 6.24. The van der Waals surface area contributed by atoms with Crippen molar-refractivity contribution in [3.8, 4) is 0 Å². The predicted octanol–water partition coefficient (Wildman–Crippen LogP) is 1.55. The van der Waals surface area contributed by atoms with Gasteiger partial charge in [-0.2, -0.15) is 0 Å². The van der Waals surface area contributed by atoms with Gasteiger partial charge >= 0.3 is 0 Å². The number of piperazine rings is 1. The summed E-state index contributed by atoms with van der Waals surface area (Å²) in [4.78, 5) is 14.1. The lowest BCUT2D eigenvalue weighted by molar-refractivity contribution is -0.123. The van der Waals surface area contributed by atoms with Gasteiger partial charge in [0, 0.05) is 12.2 Å². The quantitative estimate of drug-likeness (QED) is 0.733. The monoisotopic (exact) mass is 230 g/mol. The number of amides is 1. The van der Waals surface area contributed by atoms with Crippen molar-refractivity contribution >= 4 is 11.6 Å². The number of carbonyl (C=O) groups is 1. The molecule has 1 N–H and O–H groups in total. The number of hydrogen-bond acceptors (Lipinski definition) is 2. The summed E-state index contributed by atoms with van der Waals surface area (Å²) in [5, 5.41) is 3.00. The Kier molecular flexibility index (Phi) is 2.18. The minimum atomic E-state index is -0.0458. The molecule has 2 aliphatic heterocycles. The van der Waals surface area contributed by atoms with Crippen LogP contribution in [0.4, 0.5) is 5.69 Å².